The molecule has 0 aliphatic carbocycles. The topological polar surface area (TPSA) is 46.0 Å². The second-order valence-corrected chi connectivity index (χ2v) is 6.08. The van der Waals surface area contributed by atoms with Gasteiger partial charge in [0.2, 0.25) is 4.77 Å². The lowest BCUT2D eigenvalue weighted by atomic mass is 10.1. The van der Waals surface area contributed by atoms with Gasteiger partial charge in [0.15, 0.2) is 5.82 Å². The summed E-state index contributed by atoms with van der Waals surface area (Å²) in [7, 11) is 0. The van der Waals surface area contributed by atoms with Gasteiger partial charge in [0, 0.05) is 10.0 Å². The third-order valence-electron chi connectivity index (χ3n) is 3.23. The number of aromatic nitrogens is 3. The Kier molecular flexibility index (Phi) is 4.31. The number of aryl methyl sites for hydroxylation is 1. The minimum Gasteiger partial charge on any atom is -0.250 e. The molecule has 0 saturated carbocycles. The van der Waals surface area contributed by atoms with Crippen molar-refractivity contribution in [2.75, 3.05) is 0 Å². The maximum absolute atomic E-state index is 5.28. The third kappa shape index (κ3) is 3.08. The van der Waals surface area contributed by atoms with Crippen LogP contribution in [0.15, 0.2) is 58.1 Å². The van der Waals surface area contributed by atoms with E-state index in [1.165, 1.54) is 0 Å². The van der Waals surface area contributed by atoms with E-state index < -0.39 is 0 Å². The first-order chi connectivity index (χ1) is 10.6. The lowest BCUT2D eigenvalue weighted by Gasteiger charge is -2.04. The summed E-state index contributed by atoms with van der Waals surface area (Å²) < 4.78 is 3.14. The molecular weight excluding hydrogens is 360 g/mol. The van der Waals surface area contributed by atoms with E-state index in [1.807, 2.05) is 55.5 Å². The number of hydrogen-bond acceptors (Lipinski definition) is 3. The summed E-state index contributed by atoms with van der Waals surface area (Å²) in [5.41, 5.74) is 3.11. The van der Waals surface area contributed by atoms with Gasteiger partial charge in [0.1, 0.15) is 0 Å². The number of nitrogens with zero attached hydrogens (tertiary/aromatic N) is 3. The zero-order valence-corrected chi connectivity index (χ0v) is 14.2. The molecule has 0 aliphatic rings. The number of H-pyrrole nitrogens is 1. The molecule has 3 rings (SSSR count). The average molecular weight is 373 g/mol. The first-order valence-electron chi connectivity index (χ1n) is 6.68. The summed E-state index contributed by atoms with van der Waals surface area (Å²) in [6, 6.07) is 15.9. The van der Waals surface area contributed by atoms with Gasteiger partial charge in [-0.15, -0.1) is 0 Å². The Morgan fingerprint density at radius 3 is 2.64 bits per heavy atom. The monoisotopic (exact) mass is 372 g/mol. The van der Waals surface area contributed by atoms with Gasteiger partial charge >= 0.3 is 0 Å². The minimum absolute atomic E-state index is 0.464. The van der Waals surface area contributed by atoms with Crippen LogP contribution >= 0.6 is 28.1 Å². The van der Waals surface area contributed by atoms with Gasteiger partial charge in [-0.05, 0) is 42.4 Å². The highest BCUT2D eigenvalue weighted by atomic mass is 79.9. The van der Waals surface area contributed by atoms with Crippen molar-refractivity contribution < 1.29 is 0 Å². The Bertz CT molecular complexity index is 878. The molecule has 0 aliphatic heterocycles. The van der Waals surface area contributed by atoms with Gasteiger partial charge in [0.25, 0.3) is 0 Å². The highest BCUT2D eigenvalue weighted by molar-refractivity contribution is 9.10. The zero-order chi connectivity index (χ0) is 15.5. The van der Waals surface area contributed by atoms with E-state index in [9.17, 15) is 0 Å². The molecule has 1 N–H and O–H groups in total. The molecule has 1 heterocycles. The van der Waals surface area contributed by atoms with Crippen molar-refractivity contribution in [1.82, 2.24) is 14.9 Å². The highest BCUT2D eigenvalue weighted by Crippen LogP contribution is 2.21. The van der Waals surface area contributed by atoms with Crippen LogP contribution in [0.2, 0.25) is 0 Å². The summed E-state index contributed by atoms with van der Waals surface area (Å²) in [6.07, 6.45) is 1.76. The van der Waals surface area contributed by atoms with E-state index in [4.69, 9.17) is 12.2 Å². The minimum atomic E-state index is 0.464. The fourth-order valence-electron chi connectivity index (χ4n) is 2.07. The van der Waals surface area contributed by atoms with Crippen LogP contribution in [0.1, 0.15) is 11.1 Å². The van der Waals surface area contributed by atoms with Gasteiger partial charge in [-0.25, -0.2) is 5.10 Å². The lowest BCUT2D eigenvalue weighted by Crippen LogP contribution is -1.96. The molecule has 0 bridgehead atoms. The maximum Gasteiger partial charge on any atom is 0.216 e. The molecule has 0 unspecified atom stereocenters. The van der Waals surface area contributed by atoms with Gasteiger partial charge in [-0.2, -0.15) is 14.9 Å². The molecule has 1 aromatic heterocycles. The second-order valence-electron chi connectivity index (χ2n) is 4.78. The Morgan fingerprint density at radius 1 is 1.18 bits per heavy atom. The highest BCUT2D eigenvalue weighted by Gasteiger charge is 2.09. The van der Waals surface area contributed by atoms with Crippen LogP contribution in [-0.4, -0.2) is 21.1 Å². The van der Waals surface area contributed by atoms with Gasteiger partial charge in [0.05, 0.1) is 6.21 Å². The second kappa shape index (κ2) is 6.37. The summed E-state index contributed by atoms with van der Waals surface area (Å²) in [4.78, 5) is 0. The molecule has 0 fully saturated rings. The molecule has 22 heavy (non-hydrogen) atoms. The molecule has 4 nitrogen and oxygen atoms in total. The van der Waals surface area contributed by atoms with E-state index in [2.05, 4.69) is 31.2 Å². The van der Waals surface area contributed by atoms with Crippen LogP contribution in [0, 0.1) is 11.7 Å². The van der Waals surface area contributed by atoms with Gasteiger partial charge < -0.3 is 0 Å². The summed E-state index contributed by atoms with van der Waals surface area (Å²) in [5, 5.41) is 11.6. The summed E-state index contributed by atoms with van der Waals surface area (Å²) >= 11 is 8.69. The van der Waals surface area contributed by atoms with Crippen LogP contribution in [-0.2, 0) is 0 Å². The van der Waals surface area contributed by atoms with Crippen molar-refractivity contribution in [3.8, 4) is 11.4 Å². The van der Waals surface area contributed by atoms with Crippen molar-refractivity contribution >= 4 is 34.4 Å². The molecule has 3 aromatic rings. The van der Waals surface area contributed by atoms with Crippen molar-refractivity contribution in [3.63, 3.8) is 0 Å². The lowest BCUT2D eigenvalue weighted by molar-refractivity contribution is 0.871. The standard InChI is InChI=1S/C16H13BrN4S/c1-11-4-2-3-5-14(11)15-19-20-16(22)21(15)18-10-12-6-8-13(17)9-7-12/h2-10H,1H3,(H,20,22)/b18-10-. The molecule has 110 valence electrons. The van der Waals surface area contributed by atoms with Crippen molar-refractivity contribution in [2.24, 2.45) is 5.10 Å². The summed E-state index contributed by atoms with van der Waals surface area (Å²) in [6.45, 7) is 2.04. The first kappa shape index (κ1) is 14.9. The van der Waals surface area contributed by atoms with Gasteiger partial charge in [-0.3, -0.25) is 0 Å². The number of hydrogen-bond donors (Lipinski definition) is 1. The predicted octanol–water partition coefficient (Wildman–Crippen LogP) is 4.56. The molecule has 0 atom stereocenters. The van der Waals surface area contributed by atoms with Crippen molar-refractivity contribution in [2.45, 2.75) is 6.92 Å². The fourth-order valence-corrected chi connectivity index (χ4v) is 2.51. The van der Waals surface area contributed by atoms with Crippen LogP contribution in [0.25, 0.3) is 11.4 Å². The maximum atomic E-state index is 5.28. The van der Waals surface area contributed by atoms with E-state index >= 15 is 0 Å². The number of aromatic amines is 1. The molecule has 2 aromatic carbocycles. The normalized spacial score (nSPS) is 11.2. The number of rotatable bonds is 3. The predicted molar refractivity (Wildman–Crippen MR) is 94.7 cm³/mol. The Hall–Kier alpha value is -2.05. The average Bonchev–Trinajstić information content (AvgIpc) is 2.88. The molecule has 0 saturated heterocycles. The van der Waals surface area contributed by atoms with Crippen molar-refractivity contribution in [1.29, 1.82) is 0 Å². The number of halogens is 1. The Balaban J connectivity index is 2.02. The molecular formula is C16H13BrN4S. The number of benzene rings is 2. The molecule has 6 heteroatoms. The fraction of sp³-hybridized carbons (Fsp3) is 0.0625. The van der Waals surface area contributed by atoms with Crippen LogP contribution < -0.4 is 0 Å². The van der Waals surface area contributed by atoms with Crippen LogP contribution in [0.4, 0.5) is 0 Å². The van der Waals surface area contributed by atoms with E-state index in [0.29, 0.717) is 10.6 Å². The smallest absolute Gasteiger partial charge is 0.216 e. The molecule has 0 amide bonds. The first-order valence-corrected chi connectivity index (χ1v) is 7.88. The largest absolute Gasteiger partial charge is 0.250 e. The van der Waals surface area contributed by atoms with Crippen LogP contribution in [0.3, 0.4) is 0 Å². The Morgan fingerprint density at radius 2 is 1.91 bits per heavy atom. The summed E-state index contributed by atoms with van der Waals surface area (Å²) in [5.74, 6) is 0.705. The quantitative estimate of drug-likeness (QED) is 0.540. The Labute approximate surface area is 141 Å². The van der Waals surface area contributed by atoms with Gasteiger partial charge in [-0.1, -0.05) is 52.3 Å². The molecule has 0 spiro atoms. The SMILES string of the molecule is Cc1ccccc1-c1n[nH]c(=S)n1/N=C\c1ccc(Br)cc1. The molecule has 0 radical (unpaired) electrons. The zero-order valence-electron chi connectivity index (χ0n) is 11.8. The van der Waals surface area contributed by atoms with E-state index in [-0.39, 0.29) is 0 Å². The van der Waals surface area contributed by atoms with Crippen LogP contribution in [0.5, 0.6) is 0 Å². The number of nitrogens with one attached hydrogen (secondary N) is 1. The van der Waals surface area contributed by atoms with E-state index in [1.54, 1.807) is 10.9 Å². The van der Waals surface area contributed by atoms with E-state index in [0.717, 1.165) is 21.2 Å². The van der Waals surface area contributed by atoms with Crippen molar-refractivity contribution in [3.05, 3.63) is 68.9 Å². The third-order valence-corrected chi connectivity index (χ3v) is 4.02.